The van der Waals surface area contributed by atoms with Gasteiger partial charge in [0.15, 0.2) is 0 Å². The topological polar surface area (TPSA) is 99.2 Å². The van der Waals surface area contributed by atoms with Crippen LogP contribution in [-0.4, -0.2) is 85.2 Å². The van der Waals surface area contributed by atoms with E-state index in [2.05, 4.69) is 32.2 Å². The van der Waals surface area contributed by atoms with Crippen LogP contribution in [0.3, 0.4) is 0 Å². The summed E-state index contributed by atoms with van der Waals surface area (Å²) in [6, 6.07) is 13.5. The highest BCUT2D eigenvalue weighted by atomic mass is 79.9. The van der Waals surface area contributed by atoms with Crippen molar-refractivity contribution >= 4 is 57.0 Å². The molecule has 2 aromatic carbocycles. The minimum atomic E-state index is -1.10. The molecule has 1 saturated heterocycles. The SMILES string of the molecule is O=C(O)COCC(=O)N1CCN(CCNC(=O)C2=C(/C=C/c3ccc(Cl)cc3)Cc3cc(Br)ccc32)CC1. The van der Waals surface area contributed by atoms with Crippen molar-refractivity contribution in [2.24, 2.45) is 0 Å². The second-order valence-electron chi connectivity index (χ2n) is 9.13. The number of aliphatic carboxylic acids is 1. The first kappa shape index (κ1) is 28.0. The van der Waals surface area contributed by atoms with Gasteiger partial charge in [0.05, 0.1) is 5.57 Å². The van der Waals surface area contributed by atoms with Gasteiger partial charge in [-0.25, -0.2) is 4.79 Å². The molecule has 38 heavy (non-hydrogen) atoms. The van der Waals surface area contributed by atoms with E-state index in [1.54, 1.807) is 4.90 Å². The molecule has 0 atom stereocenters. The minimum absolute atomic E-state index is 0.105. The number of hydrogen-bond acceptors (Lipinski definition) is 5. The van der Waals surface area contributed by atoms with Gasteiger partial charge in [-0.15, -0.1) is 0 Å². The summed E-state index contributed by atoms with van der Waals surface area (Å²) in [7, 11) is 0. The van der Waals surface area contributed by atoms with Gasteiger partial charge in [0.2, 0.25) is 5.91 Å². The fourth-order valence-corrected chi connectivity index (χ4v) is 5.09. The molecule has 0 bridgehead atoms. The summed E-state index contributed by atoms with van der Waals surface area (Å²) < 4.78 is 5.87. The maximum atomic E-state index is 13.3. The molecule has 0 spiro atoms. The summed E-state index contributed by atoms with van der Waals surface area (Å²) in [6.07, 6.45) is 4.67. The highest BCUT2D eigenvalue weighted by Gasteiger charge is 2.26. The van der Waals surface area contributed by atoms with Crippen LogP contribution in [0.1, 0.15) is 16.7 Å². The molecule has 2 N–H and O–H groups in total. The fraction of sp³-hybridized carbons (Fsp3) is 0.321. The predicted octanol–water partition coefficient (Wildman–Crippen LogP) is 3.49. The van der Waals surface area contributed by atoms with Crippen molar-refractivity contribution in [3.63, 3.8) is 0 Å². The number of nitrogens with zero attached hydrogens (tertiary/aromatic N) is 2. The predicted molar refractivity (Wildman–Crippen MR) is 150 cm³/mol. The number of piperazine rings is 1. The van der Waals surface area contributed by atoms with Crippen LogP contribution in [0.5, 0.6) is 0 Å². The number of fused-ring (bicyclic) bond motifs is 1. The molecule has 8 nitrogen and oxygen atoms in total. The summed E-state index contributed by atoms with van der Waals surface area (Å²) >= 11 is 9.53. The summed E-state index contributed by atoms with van der Waals surface area (Å²) in [5.74, 6) is -1.41. The Kier molecular flexibility index (Phi) is 9.74. The van der Waals surface area contributed by atoms with Crippen LogP contribution in [0, 0.1) is 0 Å². The van der Waals surface area contributed by atoms with E-state index in [-0.39, 0.29) is 18.4 Å². The molecule has 2 amide bonds. The number of benzene rings is 2. The standard InChI is InChI=1S/C28H29BrClN3O5/c29-22-5-8-24-21(16-22)15-20(4-1-19-2-6-23(30)7-3-19)27(24)28(37)31-9-10-32-11-13-33(14-12-32)25(34)17-38-18-26(35)36/h1-8,16H,9-15,17-18H2,(H,31,37)(H,35,36)/b4-1+. The zero-order valence-electron chi connectivity index (χ0n) is 20.8. The van der Waals surface area contributed by atoms with Crippen LogP contribution in [0.2, 0.25) is 5.02 Å². The van der Waals surface area contributed by atoms with E-state index in [4.69, 9.17) is 21.4 Å². The maximum Gasteiger partial charge on any atom is 0.329 e. The zero-order chi connectivity index (χ0) is 27.1. The van der Waals surface area contributed by atoms with Gasteiger partial charge in [-0.1, -0.05) is 57.9 Å². The number of carboxylic acids is 1. The Hall–Kier alpha value is -2.98. The number of halogens is 2. The third kappa shape index (κ3) is 7.54. The van der Waals surface area contributed by atoms with E-state index in [1.165, 1.54) is 0 Å². The van der Waals surface area contributed by atoms with Crippen molar-refractivity contribution in [2.75, 3.05) is 52.5 Å². The molecule has 0 unspecified atom stereocenters. The quantitative estimate of drug-likeness (QED) is 0.432. The molecule has 1 heterocycles. The molecule has 4 rings (SSSR count). The van der Waals surface area contributed by atoms with Crippen LogP contribution >= 0.6 is 27.5 Å². The highest BCUT2D eigenvalue weighted by Crippen LogP contribution is 2.35. The van der Waals surface area contributed by atoms with Crippen LogP contribution in [-0.2, 0) is 25.5 Å². The van der Waals surface area contributed by atoms with E-state index in [0.29, 0.717) is 56.3 Å². The van der Waals surface area contributed by atoms with Crippen molar-refractivity contribution < 1.29 is 24.2 Å². The number of ether oxygens (including phenoxy) is 1. The van der Waals surface area contributed by atoms with E-state index in [1.807, 2.05) is 48.6 Å². The van der Waals surface area contributed by atoms with Crippen molar-refractivity contribution in [1.29, 1.82) is 0 Å². The lowest BCUT2D eigenvalue weighted by Gasteiger charge is -2.34. The third-order valence-electron chi connectivity index (χ3n) is 6.50. The second kappa shape index (κ2) is 13.2. The van der Waals surface area contributed by atoms with Gasteiger partial charge < -0.3 is 20.1 Å². The Morgan fingerprint density at radius 1 is 1.03 bits per heavy atom. The van der Waals surface area contributed by atoms with E-state index >= 15 is 0 Å². The molecular formula is C28H29BrClN3O5. The van der Waals surface area contributed by atoms with Crippen molar-refractivity contribution in [1.82, 2.24) is 15.1 Å². The Labute approximate surface area is 235 Å². The molecule has 2 aromatic rings. The van der Waals surface area contributed by atoms with Gasteiger partial charge in [-0.05, 0) is 52.9 Å². The van der Waals surface area contributed by atoms with Gasteiger partial charge in [0, 0.05) is 48.8 Å². The lowest BCUT2D eigenvalue weighted by atomic mass is 10.0. The number of carbonyl (C=O) groups is 3. The van der Waals surface area contributed by atoms with E-state index < -0.39 is 12.6 Å². The molecule has 1 aliphatic carbocycles. The first-order valence-electron chi connectivity index (χ1n) is 12.3. The molecule has 0 radical (unpaired) electrons. The highest BCUT2D eigenvalue weighted by molar-refractivity contribution is 9.10. The van der Waals surface area contributed by atoms with Crippen LogP contribution in [0.4, 0.5) is 0 Å². The molecule has 2 aliphatic rings. The molecule has 200 valence electrons. The Bertz CT molecular complexity index is 1250. The average Bonchev–Trinajstić information content (AvgIpc) is 3.26. The molecule has 0 saturated carbocycles. The van der Waals surface area contributed by atoms with Gasteiger partial charge >= 0.3 is 5.97 Å². The molecule has 1 fully saturated rings. The van der Waals surface area contributed by atoms with Crippen LogP contribution in [0.15, 0.2) is 58.6 Å². The van der Waals surface area contributed by atoms with Gasteiger partial charge in [0.25, 0.3) is 5.91 Å². The minimum Gasteiger partial charge on any atom is -0.480 e. The number of allylic oxidation sites excluding steroid dienone is 2. The number of carbonyl (C=O) groups excluding carboxylic acids is 2. The largest absolute Gasteiger partial charge is 0.480 e. The number of hydrogen-bond donors (Lipinski definition) is 2. The fourth-order valence-electron chi connectivity index (χ4n) is 4.55. The Balaban J connectivity index is 1.32. The second-order valence-corrected chi connectivity index (χ2v) is 10.5. The lowest BCUT2D eigenvalue weighted by Crippen LogP contribution is -2.51. The first-order valence-corrected chi connectivity index (χ1v) is 13.5. The zero-order valence-corrected chi connectivity index (χ0v) is 23.1. The van der Waals surface area contributed by atoms with Gasteiger partial charge in [0.1, 0.15) is 13.2 Å². The molecular weight excluding hydrogens is 574 g/mol. The lowest BCUT2D eigenvalue weighted by molar-refractivity contribution is -0.146. The summed E-state index contributed by atoms with van der Waals surface area (Å²) in [6.45, 7) is 2.86. The Morgan fingerprint density at radius 3 is 2.47 bits per heavy atom. The first-order chi connectivity index (χ1) is 18.3. The smallest absolute Gasteiger partial charge is 0.329 e. The summed E-state index contributed by atoms with van der Waals surface area (Å²) in [5.41, 5.74) is 4.70. The third-order valence-corrected chi connectivity index (χ3v) is 7.25. The van der Waals surface area contributed by atoms with Crippen LogP contribution < -0.4 is 5.32 Å². The van der Waals surface area contributed by atoms with E-state index in [0.717, 1.165) is 26.7 Å². The monoisotopic (exact) mass is 601 g/mol. The normalized spacial score (nSPS) is 15.7. The molecule has 1 aliphatic heterocycles. The van der Waals surface area contributed by atoms with Crippen molar-refractivity contribution in [3.05, 3.63) is 80.3 Å². The van der Waals surface area contributed by atoms with Crippen LogP contribution in [0.25, 0.3) is 11.6 Å². The number of nitrogens with one attached hydrogen (secondary N) is 1. The molecule has 10 heteroatoms. The number of amides is 2. The van der Waals surface area contributed by atoms with Crippen molar-refractivity contribution in [2.45, 2.75) is 6.42 Å². The Morgan fingerprint density at radius 2 is 1.76 bits per heavy atom. The summed E-state index contributed by atoms with van der Waals surface area (Å²) in [5, 5.41) is 12.4. The van der Waals surface area contributed by atoms with Gasteiger partial charge in [-0.2, -0.15) is 0 Å². The number of rotatable bonds is 10. The number of carboxylic acid groups (broad SMARTS) is 1. The molecule has 0 aromatic heterocycles. The average molecular weight is 603 g/mol. The summed E-state index contributed by atoms with van der Waals surface area (Å²) in [4.78, 5) is 39.9. The van der Waals surface area contributed by atoms with E-state index in [9.17, 15) is 14.4 Å². The van der Waals surface area contributed by atoms with Crippen molar-refractivity contribution in [3.8, 4) is 0 Å². The maximum absolute atomic E-state index is 13.3. The van der Waals surface area contributed by atoms with Gasteiger partial charge in [-0.3, -0.25) is 14.5 Å².